The van der Waals surface area contributed by atoms with Crippen molar-refractivity contribution in [2.75, 3.05) is 12.3 Å². The van der Waals surface area contributed by atoms with Gasteiger partial charge in [0.1, 0.15) is 0 Å². The van der Waals surface area contributed by atoms with Gasteiger partial charge in [-0.25, -0.2) is 0 Å². The lowest BCUT2D eigenvalue weighted by Crippen LogP contribution is -2.38. The molecule has 0 radical (unpaired) electrons. The number of rotatable bonds is 6. The second-order valence-corrected chi connectivity index (χ2v) is 5.78. The van der Waals surface area contributed by atoms with Gasteiger partial charge in [-0.1, -0.05) is 18.2 Å². The van der Waals surface area contributed by atoms with E-state index in [1.54, 1.807) is 0 Å². The van der Waals surface area contributed by atoms with Crippen LogP contribution in [0.3, 0.4) is 0 Å². The van der Waals surface area contributed by atoms with Gasteiger partial charge >= 0.3 is 0 Å². The number of para-hydroxylation sites is 1. The van der Waals surface area contributed by atoms with Crippen molar-refractivity contribution >= 4 is 11.6 Å². The number of carbonyl (C=O) groups is 1. The maximum atomic E-state index is 12.3. The second-order valence-electron chi connectivity index (χ2n) is 5.78. The smallest absolute Gasteiger partial charge is 0.223 e. The molecule has 1 aliphatic carbocycles. The molecule has 0 aromatic heterocycles. The highest BCUT2D eigenvalue weighted by Gasteiger charge is 2.27. The Kier molecular flexibility index (Phi) is 4.46. The summed E-state index contributed by atoms with van der Waals surface area (Å²) in [7, 11) is 0. The Hall–Kier alpha value is -1.51. The lowest BCUT2D eigenvalue weighted by atomic mass is 10.1. The molecule has 2 N–H and O–H groups in total. The summed E-state index contributed by atoms with van der Waals surface area (Å²) < 4.78 is 0. The average Bonchev–Trinajstić information content (AvgIpc) is 3.18. The summed E-state index contributed by atoms with van der Waals surface area (Å²) in [6.07, 6.45) is 3.85. The molecule has 0 atom stereocenters. The van der Waals surface area contributed by atoms with Crippen molar-refractivity contribution in [2.45, 2.75) is 45.6 Å². The van der Waals surface area contributed by atoms with E-state index in [0.29, 0.717) is 12.5 Å². The van der Waals surface area contributed by atoms with Crippen LogP contribution >= 0.6 is 0 Å². The summed E-state index contributed by atoms with van der Waals surface area (Å²) >= 11 is 0. The molecule has 0 aliphatic heterocycles. The molecule has 3 heteroatoms. The summed E-state index contributed by atoms with van der Waals surface area (Å²) in [5, 5.41) is 0. The van der Waals surface area contributed by atoms with Crippen molar-refractivity contribution in [3.05, 3.63) is 29.8 Å². The zero-order chi connectivity index (χ0) is 13.8. The Balaban J connectivity index is 1.89. The van der Waals surface area contributed by atoms with Crippen molar-refractivity contribution in [3.8, 4) is 0 Å². The third-order valence-corrected chi connectivity index (χ3v) is 3.76. The molecule has 0 bridgehead atoms. The Morgan fingerprint density at radius 2 is 2.05 bits per heavy atom. The molecule has 1 aromatic rings. The Morgan fingerprint density at radius 3 is 2.63 bits per heavy atom. The molecular weight excluding hydrogens is 236 g/mol. The zero-order valence-electron chi connectivity index (χ0n) is 11.9. The summed E-state index contributed by atoms with van der Waals surface area (Å²) in [6, 6.07) is 8.09. The average molecular weight is 260 g/mol. The lowest BCUT2D eigenvalue weighted by molar-refractivity contribution is -0.133. The van der Waals surface area contributed by atoms with Crippen LogP contribution in [0.5, 0.6) is 0 Å². The van der Waals surface area contributed by atoms with E-state index in [1.165, 1.54) is 12.8 Å². The van der Waals surface area contributed by atoms with Gasteiger partial charge in [-0.05, 0) is 50.7 Å². The summed E-state index contributed by atoms with van der Waals surface area (Å²) in [6.45, 7) is 5.12. The molecular formula is C16H24N2O. The number of nitrogens with zero attached hydrogens (tertiary/aromatic N) is 1. The van der Waals surface area contributed by atoms with Crippen LogP contribution in [0.2, 0.25) is 0 Å². The van der Waals surface area contributed by atoms with Crippen LogP contribution < -0.4 is 5.73 Å². The number of benzene rings is 1. The van der Waals surface area contributed by atoms with E-state index in [1.807, 2.05) is 29.2 Å². The molecule has 0 heterocycles. The maximum absolute atomic E-state index is 12.3. The quantitative estimate of drug-likeness (QED) is 0.799. The predicted octanol–water partition coefficient (Wildman–Crippen LogP) is 2.85. The van der Waals surface area contributed by atoms with Crippen LogP contribution in [-0.4, -0.2) is 23.4 Å². The molecule has 104 valence electrons. The van der Waals surface area contributed by atoms with E-state index in [-0.39, 0.29) is 5.91 Å². The van der Waals surface area contributed by atoms with Crippen molar-refractivity contribution in [1.29, 1.82) is 0 Å². The fourth-order valence-corrected chi connectivity index (χ4v) is 2.33. The van der Waals surface area contributed by atoms with Gasteiger partial charge in [-0.15, -0.1) is 0 Å². The summed E-state index contributed by atoms with van der Waals surface area (Å²) in [5.41, 5.74) is 7.77. The molecule has 1 saturated carbocycles. The molecule has 0 unspecified atom stereocenters. The highest BCUT2D eigenvalue weighted by Crippen LogP contribution is 2.30. The summed E-state index contributed by atoms with van der Waals surface area (Å²) in [5.74, 6) is 0.998. The first-order chi connectivity index (χ1) is 9.08. The molecule has 19 heavy (non-hydrogen) atoms. The largest absolute Gasteiger partial charge is 0.399 e. The van der Waals surface area contributed by atoms with Crippen molar-refractivity contribution in [1.82, 2.24) is 4.90 Å². The molecule has 1 amide bonds. The number of carbonyl (C=O) groups excluding carboxylic acids is 1. The number of hydrogen-bond donors (Lipinski definition) is 1. The van der Waals surface area contributed by atoms with Crippen LogP contribution in [0.25, 0.3) is 0 Å². The normalized spacial score (nSPS) is 14.7. The summed E-state index contributed by atoms with van der Waals surface area (Å²) in [4.78, 5) is 14.3. The second kappa shape index (κ2) is 6.09. The van der Waals surface area contributed by atoms with Crippen LogP contribution in [0.1, 0.15) is 38.7 Å². The minimum atomic E-state index is 0.255. The van der Waals surface area contributed by atoms with Gasteiger partial charge in [0.25, 0.3) is 0 Å². The van der Waals surface area contributed by atoms with Crippen LogP contribution in [0, 0.1) is 5.92 Å². The number of amides is 1. The van der Waals surface area contributed by atoms with Gasteiger partial charge in [-0.3, -0.25) is 4.79 Å². The molecule has 0 saturated heterocycles. The topological polar surface area (TPSA) is 46.3 Å². The molecule has 1 aliphatic rings. The van der Waals surface area contributed by atoms with Crippen LogP contribution in [0.15, 0.2) is 24.3 Å². The Labute approximate surface area is 115 Å². The van der Waals surface area contributed by atoms with E-state index in [4.69, 9.17) is 5.73 Å². The third kappa shape index (κ3) is 3.98. The Morgan fingerprint density at radius 1 is 1.37 bits per heavy atom. The Bertz CT molecular complexity index is 438. The highest BCUT2D eigenvalue weighted by atomic mass is 16.2. The van der Waals surface area contributed by atoms with E-state index < -0.39 is 0 Å². The van der Waals surface area contributed by atoms with Crippen molar-refractivity contribution < 1.29 is 4.79 Å². The van der Waals surface area contributed by atoms with Gasteiger partial charge < -0.3 is 10.6 Å². The standard InChI is InChI=1S/C16H24N2O/c1-12(2)18(11-13-7-8-13)16(19)10-9-14-5-3-4-6-15(14)17/h3-6,12-13H,7-11,17H2,1-2H3. The van der Waals surface area contributed by atoms with Gasteiger partial charge in [-0.2, -0.15) is 0 Å². The molecule has 3 nitrogen and oxygen atoms in total. The first-order valence-corrected chi connectivity index (χ1v) is 7.20. The van der Waals surface area contributed by atoms with Gasteiger partial charge in [0, 0.05) is 24.7 Å². The molecule has 1 aromatic carbocycles. The number of nitrogens with two attached hydrogens (primary N) is 1. The van der Waals surface area contributed by atoms with Gasteiger partial charge in [0.15, 0.2) is 0 Å². The maximum Gasteiger partial charge on any atom is 0.223 e. The molecule has 0 spiro atoms. The minimum absolute atomic E-state index is 0.255. The van der Waals surface area contributed by atoms with Gasteiger partial charge in [0.2, 0.25) is 5.91 Å². The van der Waals surface area contributed by atoms with E-state index in [9.17, 15) is 4.79 Å². The van der Waals surface area contributed by atoms with Gasteiger partial charge in [0.05, 0.1) is 0 Å². The minimum Gasteiger partial charge on any atom is -0.399 e. The van der Waals surface area contributed by atoms with E-state index in [0.717, 1.165) is 30.1 Å². The van der Waals surface area contributed by atoms with Crippen molar-refractivity contribution in [3.63, 3.8) is 0 Å². The predicted molar refractivity (Wildman–Crippen MR) is 78.7 cm³/mol. The fourth-order valence-electron chi connectivity index (χ4n) is 2.33. The van der Waals surface area contributed by atoms with E-state index in [2.05, 4.69) is 13.8 Å². The third-order valence-electron chi connectivity index (χ3n) is 3.76. The molecule has 2 rings (SSSR count). The number of nitrogen functional groups attached to an aromatic ring is 1. The first kappa shape index (κ1) is 13.9. The number of aryl methyl sites for hydroxylation is 1. The first-order valence-electron chi connectivity index (χ1n) is 7.20. The number of anilines is 1. The zero-order valence-corrected chi connectivity index (χ0v) is 11.9. The van der Waals surface area contributed by atoms with E-state index >= 15 is 0 Å². The lowest BCUT2D eigenvalue weighted by Gasteiger charge is -2.27. The molecule has 1 fully saturated rings. The number of hydrogen-bond acceptors (Lipinski definition) is 2. The SMILES string of the molecule is CC(C)N(CC1CC1)C(=O)CCc1ccccc1N. The van der Waals surface area contributed by atoms with Crippen LogP contribution in [-0.2, 0) is 11.2 Å². The highest BCUT2D eigenvalue weighted by molar-refractivity contribution is 5.77. The van der Waals surface area contributed by atoms with Crippen LogP contribution in [0.4, 0.5) is 5.69 Å². The monoisotopic (exact) mass is 260 g/mol. The fraction of sp³-hybridized carbons (Fsp3) is 0.562. The van der Waals surface area contributed by atoms with Crippen molar-refractivity contribution in [2.24, 2.45) is 5.92 Å².